The van der Waals surface area contributed by atoms with Crippen LogP contribution in [0.4, 0.5) is 0 Å². The Morgan fingerprint density at radius 2 is 1.81 bits per heavy atom. The van der Waals surface area contributed by atoms with Crippen LogP contribution in [0.2, 0.25) is 0 Å². The van der Waals surface area contributed by atoms with Gasteiger partial charge in [-0.1, -0.05) is 49.2 Å². The van der Waals surface area contributed by atoms with Crippen LogP contribution in [0.3, 0.4) is 0 Å². The van der Waals surface area contributed by atoms with Crippen molar-refractivity contribution in [1.82, 2.24) is 9.88 Å². The summed E-state index contributed by atoms with van der Waals surface area (Å²) in [5, 5.41) is 1.14. The van der Waals surface area contributed by atoms with Gasteiger partial charge in [-0.2, -0.15) is 0 Å². The van der Waals surface area contributed by atoms with E-state index < -0.39 is 0 Å². The van der Waals surface area contributed by atoms with Crippen molar-refractivity contribution in [2.45, 2.75) is 70.3 Å². The Bertz CT molecular complexity index is 1340. The van der Waals surface area contributed by atoms with Crippen molar-refractivity contribution in [1.29, 1.82) is 0 Å². The summed E-state index contributed by atoms with van der Waals surface area (Å²) in [7, 11) is 0. The van der Waals surface area contributed by atoms with Crippen molar-refractivity contribution < 1.29 is 9.53 Å². The number of benzene rings is 2. The summed E-state index contributed by atoms with van der Waals surface area (Å²) in [6.45, 7) is 2.66. The van der Waals surface area contributed by atoms with Gasteiger partial charge in [0, 0.05) is 32.0 Å². The number of para-hydroxylation sites is 1. The molecule has 4 nitrogen and oxygen atoms in total. The van der Waals surface area contributed by atoms with Gasteiger partial charge in [0.25, 0.3) is 5.91 Å². The Morgan fingerprint density at radius 1 is 1.03 bits per heavy atom. The van der Waals surface area contributed by atoms with Gasteiger partial charge in [-0.15, -0.1) is 0 Å². The summed E-state index contributed by atoms with van der Waals surface area (Å²) in [6.07, 6.45) is 11.5. The molecule has 1 N–H and O–H groups in total. The Kier molecular flexibility index (Phi) is 6.67. The smallest absolute Gasteiger partial charge is 0.275 e. The SMILES string of the molecule is CCOc1ccc(C2C(I)=C(C3=CCCCC3)N(C3CCCC3)C(=O)c3[nH]c4ccccc4c32)cc1. The van der Waals surface area contributed by atoms with Crippen molar-refractivity contribution in [3.8, 4) is 5.75 Å². The van der Waals surface area contributed by atoms with Crippen molar-refractivity contribution >= 4 is 39.4 Å². The number of halogens is 1. The predicted octanol–water partition coefficient (Wildman–Crippen LogP) is 8.24. The first-order valence-corrected chi connectivity index (χ1v) is 14.5. The second-order valence-corrected chi connectivity index (χ2v) is 11.3. The minimum absolute atomic E-state index is 0.0133. The van der Waals surface area contributed by atoms with Gasteiger partial charge in [-0.3, -0.25) is 4.79 Å². The van der Waals surface area contributed by atoms with Gasteiger partial charge in [0.05, 0.1) is 12.3 Å². The highest BCUT2D eigenvalue weighted by atomic mass is 127. The maximum atomic E-state index is 14.5. The Labute approximate surface area is 226 Å². The highest BCUT2D eigenvalue weighted by Gasteiger charge is 2.41. The maximum absolute atomic E-state index is 14.5. The molecule has 0 bridgehead atoms. The van der Waals surface area contributed by atoms with Crippen LogP contribution in [0, 0.1) is 0 Å². The molecule has 1 amide bonds. The van der Waals surface area contributed by atoms with Gasteiger partial charge in [0.15, 0.2) is 0 Å². The van der Waals surface area contributed by atoms with E-state index in [-0.39, 0.29) is 17.9 Å². The summed E-state index contributed by atoms with van der Waals surface area (Å²) < 4.78 is 7.01. The predicted molar refractivity (Wildman–Crippen MR) is 154 cm³/mol. The molecule has 1 aliphatic heterocycles. The average Bonchev–Trinajstić information content (AvgIpc) is 3.56. The number of nitrogens with one attached hydrogen (secondary N) is 1. The number of fused-ring (bicyclic) bond motifs is 3. The summed E-state index contributed by atoms with van der Waals surface area (Å²) in [6, 6.07) is 17.1. The van der Waals surface area contributed by atoms with Crippen molar-refractivity contribution in [3.05, 3.63) is 86.3 Å². The van der Waals surface area contributed by atoms with Gasteiger partial charge < -0.3 is 14.6 Å². The van der Waals surface area contributed by atoms with Crippen molar-refractivity contribution in [3.63, 3.8) is 0 Å². The maximum Gasteiger partial charge on any atom is 0.275 e. The number of H-pyrrole nitrogens is 1. The Balaban J connectivity index is 1.63. The van der Waals surface area contributed by atoms with Crippen molar-refractivity contribution in [2.24, 2.45) is 0 Å². The molecule has 1 atom stereocenters. The summed E-state index contributed by atoms with van der Waals surface area (Å²) >= 11 is 2.58. The lowest BCUT2D eigenvalue weighted by atomic mass is 9.87. The molecule has 186 valence electrons. The van der Waals surface area contributed by atoms with E-state index in [1.165, 1.54) is 46.1 Å². The second kappa shape index (κ2) is 10.1. The number of nitrogens with zero attached hydrogens (tertiary/aromatic N) is 1. The summed E-state index contributed by atoms with van der Waals surface area (Å²) in [4.78, 5) is 20.3. The third-order valence-electron chi connectivity index (χ3n) is 8.00. The summed E-state index contributed by atoms with van der Waals surface area (Å²) in [5.41, 5.74) is 6.63. The van der Waals surface area contributed by atoms with Gasteiger partial charge in [0.1, 0.15) is 11.4 Å². The summed E-state index contributed by atoms with van der Waals surface area (Å²) in [5.74, 6) is 1.00. The molecule has 0 saturated heterocycles. The molecule has 5 heteroatoms. The number of ether oxygens (including phenoxy) is 1. The van der Waals surface area contributed by atoms with E-state index in [9.17, 15) is 4.79 Å². The van der Waals surface area contributed by atoms with Crippen LogP contribution < -0.4 is 4.74 Å². The molecule has 1 unspecified atom stereocenters. The second-order valence-electron chi connectivity index (χ2n) is 10.2. The minimum atomic E-state index is -0.0133. The van der Waals surface area contributed by atoms with Gasteiger partial charge in [-0.25, -0.2) is 0 Å². The molecule has 2 aromatic carbocycles. The molecule has 36 heavy (non-hydrogen) atoms. The van der Waals surface area contributed by atoms with Crippen LogP contribution in [0.1, 0.15) is 85.8 Å². The van der Waals surface area contributed by atoms with Crippen LogP contribution >= 0.6 is 22.6 Å². The van der Waals surface area contributed by atoms with Crippen LogP contribution in [-0.4, -0.2) is 28.4 Å². The molecule has 1 fully saturated rings. The standard InChI is InChI=1S/C31H33IN2O2/c1-2-36-23-18-16-20(17-19-23)26-27-24-14-8-9-15-25(24)33-29(27)31(35)34(22-12-6-7-13-22)30(28(26)32)21-10-4-3-5-11-21/h8-10,14-19,22,26,33H,2-7,11-13H2,1H3. The zero-order chi connectivity index (χ0) is 24.6. The normalized spacial score (nSPS) is 21.1. The number of carbonyl (C=O) groups is 1. The third kappa shape index (κ3) is 4.09. The molecule has 2 aliphatic carbocycles. The van der Waals surface area contributed by atoms with Crippen LogP contribution in [0.15, 0.2) is 69.5 Å². The fourth-order valence-electron chi connectivity index (χ4n) is 6.34. The zero-order valence-corrected chi connectivity index (χ0v) is 23.0. The number of rotatable bonds is 5. The number of aromatic amines is 1. The van der Waals surface area contributed by atoms with E-state index in [1.54, 1.807) is 0 Å². The topological polar surface area (TPSA) is 45.3 Å². The van der Waals surface area contributed by atoms with E-state index >= 15 is 0 Å². The number of amides is 1. The quantitative estimate of drug-likeness (QED) is 0.304. The highest BCUT2D eigenvalue weighted by Crippen LogP contribution is 2.49. The number of hydrogen-bond acceptors (Lipinski definition) is 2. The van der Waals surface area contributed by atoms with E-state index in [4.69, 9.17) is 4.74 Å². The van der Waals surface area contributed by atoms with E-state index in [0.717, 1.165) is 53.6 Å². The van der Waals surface area contributed by atoms with Crippen LogP contribution in [0.25, 0.3) is 10.9 Å². The lowest BCUT2D eigenvalue weighted by Gasteiger charge is -2.34. The van der Waals surface area contributed by atoms with E-state index in [1.807, 2.05) is 13.0 Å². The Hall–Kier alpha value is -2.54. The van der Waals surface area contributed by atoms with E-state index in [0.29, 0.717) is 6.61 Å². The third-order valence-corrected chi connectivity index (χ3v) is 9.13. The fraction of sp³-hybridized carbons (Fsp3) is 0.387. The number of carbonyl (C=O) groups excluding carboxylic acids is 1. The monoisotopic (exact) mass is 592 g/mol. The van der Waals surface area contributed by atoms with Crippen LogP contribution in [0.5, 0.6) is 5.75 Å². The molecule has 6 rings (SSSR count). The van der Waals surface area contributed by atoms with E-state index in [2.05, 4.69) is 81.0 Å². The zero-order valence-electron chi connectivity index (χ0n) is 20.9. The molecule has 3 aromatic rings. The largest absolute Gasteiger partial charge is 0.494 e. The molecule has 3 aliphatic rings. The number of hydrogen-bond donors (Lipinski definition) is 1. The molecule has 1 saturated carbocycles. The number of allylic oxidation sites excluding steroid dienone is 3. The Morgan fingerprint density at radius 3 is 2.53 bits per heavy atom. The fourth-order valence-corrected chi connectivity index (χ4v) is 7.62. The molecule has 0 spiro atoms. The van der Waals surface area contributed by atoms with Gasteiger partial charge in [0.2, 0.25) is 0 Å². The first kappa shape index (κ1) is 23.8. The molecular formula is C31H33IN2O2. The lowest BCUT2D eigenvalue weighted by molar-refractivity contribution is 0.0748. The molecular weight excluding hydrogens is 559 g/mol. The highest BCUT2D eigenvalue weighted by molar-refractivity contribution is 14.1. The average molecular weight is 593 g/mol. The van der Waals surface area contributed by atoms with Gasteiger partial charge >= 0.3 is 0 Å². The van der Waals surface area contributed by atoms with Crippen LogP contribution in [-0.2, 0) is 0 Å². The minimum Gasteiger partial charge on any atom is -0.494 e. The molecule has 1 aromatic heterocycles. The van der Waals surface area contributed by atoms with Crippen molar-refractivity contribution in [2.75, 3.05) is 6.61 Å². The first-order chi connectivity index (χ1) is 17.7. The molecule has 0 radical (unpaired) electrons. The lowest BCUT2D eigenvalue weighted by Crippen LogP contribution is -2.39. The number of aromatic nitrogens is 1. The first-order valence-electron chi connectivity index (χ1n) is 13.4. The van der Waals surface area contributed by atoms with Gasteiger partial charge in [-0.05, 0) is 97.4 Å². The molecule has 2 heterocycles.